The van der Waals surface area contributed by atoms with Gasteiger partial charge in [-0.1, -0.05) is 0 Å². The fourth-order valence-electron chi connectivity index (χ4n) is 1.15. The minimum absolute atomic E-state index is 0.125. The third-order valence-corrected chi connectivity index (χ3v) is 2.29. The Morgan fingerprint density at radius 1 is 1.38 bits per heavy atom. The monoisotopic (exact) mass is 227 g/mol. The van der Waals surface area contributed by atoms with Crippen molar-refractivity contribution in [2.75, 3.05) is 11.9 Å². The Morgan fingerprint density at radius 2 is 1.94 bits per heavy atom. The highest BCUT2D eigenvalue weighted by molar-refractivity contribution is 5.33. The lowest BCUT2D eigenvalue weighted by molar-refractivity contribution is 0.552. The molecule has 0 fully saturated rings. The number of hydrogen-bond acceptors (Lipinski definition) is 5. The van der Waals surface area contributed by atoms with Crippen molar-refractivity contribution < 1.29 is 0 Å². The second-order valence-corrected chi connectivity index (χ2v) is 4.33. The van der Waals surface area contributed by atoms with Crippen molar-refractivity contribution >= 4 is 5.82 Å². The van der Waals surface area contributed by atoms with Gasteiger partial charge < -0.3 is 11.1 Å². The van der Waals surface area contributed by atoms with Crippen LogP contribution in [0.25, 0.3) is 0 Å². The summed E-state index contributed by atoms with van der Waals surface area (Å²) in [5, 5.41) is 6.79. The zero-order chi connectivity index (χ0) is 12.5. The summed E-state index contributed by atoms with van der Waals surface area (Å²) in [7, 11) is 2.90. The Hall–Kier alpha value is -1.63. The quantitative estimate of drug-likeness (QED) is 0.664. The van der Waals surface area contributed by atoms with E-state index in [1.54, 1.807) is 0 Å². The number of rotatable bonds is 3. The number of hydrogen-bond donors (Lipinski definition) is 2. The molecule has 7 heteroatoms. The summed E-state index contributed by atoms with van der Waals surface area (Å²) in [6.07, 6.45) is 0. The summed E-state index contributed by atoms with van der Waals surface area (Å²) in [6, 6.07) is 0. The molecule has 0 atom stereocenters. The van der Waals surface area contributed by atoms with Gasteiger partial charge in [0.15, 0.2) is 0 Å². The van der Waals surface area contributed by atoms with E-state index in [2.05, 4.69) is 10.4 Å². The van der Waals surface area contributed by atoms with Crippen LogP contribution in [0.15, 0.2) is 9.59 Å². The molecular formula is C9H17N5O2. The molecule has 3 N–H and O–H groups in total. The molecule has 1 aromatic heterocycles. The van der Waals surface area contributed by atoms with Crippen LogP contribution < -0.4 is 22.3 Å². The van der Waals surface area contributed by atoms with Crippen molar-refractivity contribution in [1.29, 1.82) is 0 Å². The first-order valence-electron chi connectivity index (χ1n) is 4.91. The van der Waals surface area contributed by atoms with E-state index in [0.29, 0.717) is 6.54 Å². The molecule has 0 amide bonds. The summed E-state index contributed by atoms with van der Waals surface area (Å²) in [5.41, 5.74) is 4.18. The third-order valence-electron chi connectivity index (χ3n) is 2.29. The Bertz CT molecular complexity index is 500. The Balaban J connectivity index is 3.27. The van der Waals surface area contributed by atoms with Crippen molar-refractivity contribution in [3.8, 4) is 0 Å². The van der Waals surface area contributed by atoms with Gasteiger partial charge >= 0.3 is 5.69 Å². The molecule has 0 aromatic carbocycles. The van der Waals surface area contributed by atoms with Crippen LogP contribution in [0.3, 0.4) is 0 Å². The molecule has 0 bridgehead atoms. The van der Waals surface area contributed by atoms with Gasteiger partial charge in [0.1, 0.15) is 0 Å². The molecule has 0 unspecified atom stereocenters. The molecule has 0 radical (unpaired) electrons. The van der Waals surface area contributed by atoms with E-state index < -0.39 is 16.8 Å². The summed E-state index contributed by atoms with van der Waals surface area (Å²) in [4.78, 5) is 23.1. The lowest BCUT2D eigenvalue weighted by atomic mass is 10.1. The minimum Gasteiger partial charge on any atom is -0.358 e. The zero-order valence-electron chi connectivity index (χ0n) is 9.94. The number of nitrogens with two attached hydrogens (primary N) is 1. The van der Waals surface area contributed by atoms with Gasteiger partial charge in [-0.05, 0) is 13.8 Å². The highest BCUT2D eigenvalue weighted by atomic mass is 16.2. The van der Waals surface area contributed by atoms with Crippen LogP contribution in [0.2, 0.25) is 0 Å². The lowest BCUT2D eigenvalue weighted by Gasteiger charge is -2.24. The van der Waals surface area contributed by atoms with Gasteiger partial charge in [-0.2, -0.15) is 0 Å². The second kappa shape index (κ2) is 4.09. The first-order valence-corrected chi connectivity index (χ1v) is 4.91. The molecule has 7 nitrogen and oxygen atoms in total. The first kappa shape index (κ1) is 12.4. The van der Waals surface area contributed by atoms with Gasteiger partial charge in [0.05, 0.1) is 0 Å². The van der Waals surface area contributed by atoms with Gasteiger partial charge in [-0.3, -0.25) is 9.36 Å². The minimum atomic E-state index is -0.457. The van der Waals surface area contributed by atoms with E-state index in [4.69, 9.17) is 5.73 Å². The largest absolute Gasteiger partial charge is 0.358 e. The molecular weight excluding hydrogens is 210 g/mol. The van der Waals surface area contributed by atoms with E-state index in [1.165, 1.54) is 14.1 Å². The summed E-state index contributed by atoms with van der Waals surface area (Å²) >= 11 is 0. The topological polar surface area (TPSA) is 94.9 Å². The van der Waals surface area contributed by atoms with Crippen molar-refractivity contribution in [1.82, 2.24) is 14.3 Å². The van der Waals surface area contributed by atoms with E-state index in [0.717, 1.165) is 9.25 Å². The third kappa shape index (κ3) is 2.30. The molecule has 16 heavy (non-hydrogen) atoms. The Morgan fingerprint density at radius 3 is 2.44 bits per heavy atom. The number of nitrogens with zero attached hydrogens (tertiary/aromatic N) is 3. The van der Waals surface area contributed by atoms with E-state index in [-0.39, 0.29) is 5.82 Å². The average Bonchev–Trinajstić information content (AvgIpc) is 2.22. The highest BCUT2D eigenvalue weighted by Gasteiger charge is 2.19. The molecule has 0 saturated heterocycles. The first-order chi connectivity index (χ1) is 7.28. The molecule has 0 aliphatic rings. The predicted molar refractivity (Wildman–Crippen MR) is 61.5 cm³/mol. The maximum atomic E-state index is 11.7. The van der Waals surface area contributed by atoms with Crippen LogP contribution in [0.1, 0.15) is 13.8 Å². The number of nitrogens with one attached hydrogen (secondary N) is 1. The molecule has 1 rings (SSSR count). The maximum absolute atomic E-state index is 11.7. The van der Waals surface area contributed by atoms with Gasteiger partial charge in [0, 0.05) is 26.2 Å². The fourth-order valence-corrected chi connectivity index (χ4v) is 1.15. The number of aromatic nitrogens is 3. The predicted octanol–water partition coefficient (Wildman–Crippen LogP) is -1.37. The average molecular weight is 227 g/mol. The Kier molecular flexibility index (Phi) is 3.18. The highest BCUT2D eigenvalue weighted by Crippen LogP contribution is 2.05. The number of anilines is 1. The zero-order valence-corrected chi connectivity index (χ0v) is 9.94. The second-order valence-electron chi connectivity index (χ2n) is 4.33. The SMILES string of the molecule is Cn1nc(NC(C)(C)CN)c(=O)n(C)c1=O. The van der Waals surface area contributed by atoms with Crippen LogP contribution in [0, 0.1) is 0 Å². The van der Waals surface area contributed by atoms with E-state index in [9.17, 15) is 9.59 Å². The summed E-state index contributed by atoms with van der Waals surface area (Å²) in [6.45, 7) is 4.04. The normalized spacial score (nSPS) is 11.6. The van der Waals surface area contributed by atoms with Gasteiger partial charge in [-0.15, -0.1) is 5.10 Å². The van der Waals surface area contributed by atoms with E-state index in [1.807, 2.05) is 13.8 Å². The molecule has 0 spiro atoms. The van der Waals surface area contributed by atoms with Crippen LogP contribution in [-0.4, -0.2) is 26.4 Å². The molecule has 0 aliphatic heterocycles. The van der Waals surface area contributed by atoms with Crippen LogP contribution >= 0.6 is 0 Å². The van der Waals surface area contributed by atoms with Crippen LogP contribution in [0.5, 0.6) is 0 Å². The van der Waals surface area contributed by atoms with Gasteiger partial charge in [0.2, 0.25) is 5.82 Å². The molecule has 1 aromatic rings. The van der Waals surface area contributed by atoms with Crippen LogP contribution in [-0.2, 0) is 14.1 Å². The summed E-state index contributed by atoms with van der Waals surface area (Å²) in [5.74, 6) is 0.125. The van der Waals surface area contributed by atoms with Gasteiger partial charge in [0.25, 0.3) is 5.56 Å². The van der Waals surface area contributed by atoms with Gasteiger partial charge in [-0.25, -0.2) is 9.48 Å². The van der Waals surface area contributed by atoms with Crippen molar-refractivity contribution in [2.45, 2.75) is 19.4 Å². The summed E-state index contributed by atoms with van der Waals surface area (Å²) < 4.78 is 2.11. The molecule has 1 heterocycles. The Labute approximate surface area is 92.9 Å². The van der Waals surface area contributed by atoms with E-state index >= 15 is 0 Å². The van der Waals surface area contributed by atoms with Crippen molar-refractivity contribution in [3.63, 3.8) is 0 Å². The molecule has 0 aliphatic carbocycles. The molecule has 90 valence electrons. The smallest absolute Gasteiger partial charge is 0.346 e. The van der Waals surface area contributed by atoms with Crippen molar-refractivity contribution in [2.24, 2.45) is 19.8 Å². The van der Waals surface area contributed by atoms with Crippen molar-refractivity contribution in [3.05, 3.63) is 20.8 Å². The molecule has 0 saturated carbocycles. The maximum Gasteiger partial charge on any atom is 0.346 e. The number of aryl methyl sites for hydroxylation is 1. The standard InChI is InChI=1S/C9H17N5O2/c1-9(2,5-10)11-6-7(15)13(3)8(16)14(4)12-6/h5,10H2,1-4H3,(H,11,12). The lowest BCUT2D eigenvalue weighted by Crippen LogP contribution is -2.45. The van der Waals surface area contributed by atoms with Crippen LogP contribution in [0.4, 0.5) is 5.82 Å². The fraction of sp³-hybridized carbons (Fsp3) is 0.667.